The molecule has 1 aromatic carbocycles. The van der Waals surface area contributed by atoms with Crippen LogP contribution in [0, 0.1) is 17.8 Å². The Bertz CT molecular complexity index is 929. The highest BCUT2D eigenvalue weighted by molar-refractivity contribution is 7.89. The van der Waals surface area contributed by atoms with Gasteiger partial charge in [0.25, 0.3) is 0 Å². The van der Waals surface area contributed by atoms with Gasteiger partial charge in [-0.25, -0.2) is 21.6 Å². The van der Waals surface area contributed by atoms with Crippen molar-refractivity contribution in [1.82, 2.24) is 9.03 Å². The van der Waals surface area contributed by atoms with E-state index in [0.717, 1.165) is 32.1 Å². The van der Waals surface area contributed by atoms with E-state index in [1.807, 2.05) is 0 Å². The Kier molecular flexibility index (Phi) is 4.43. The quantitative estimate of drug-likeness (QED) is 0.788. The molecule has 1 heterocycles. The van der Waals surface area contributed by atoms with E-state index in [9.17, 15) is 16.8 Å². The van der Waals surface area contributed by atoms with Crippen LogP contribution in [0.4, 0.5) is 0 Å². The fraction of sp³-hybridized carbons (Fsp3) is 0.700. The molecule has 0 aromatic heterocycles. The summed E-state index contributed by atoms with van der Waals surface area (Å²) < 4.78 is 56.0. The minimum absolute atomic E-state index is 0.156. The van der Waals surface area contributed by atoms with Crippen LogP contribution in [0.3, 0.4) is 0 Å². The molecule has 5 fully saturated rings. The highest BCUT2D eigenvalue weighted by Crippen LogP contribution is 2.55. The van der Waals surface area contributed by atoms with Gasteiger partial charge in [-0.05, 0) is 93.4 Å². The van der Waals surface area contributed by atoms with Crippen molar-refractivity contribution >= 4 is 20.0 Å². The molecule has 6 nitrogen and oxygen atoms in total. The summed E-state index contributed by atoms with van der Waals surface area (Å²) in [5.74, 6) is 1.96. The molecular formula is C20H28N2O4S2. The summed E-state index contributed by atoms with van der Waals surface area (Å²) in [5, 5.41) is 0. The van der Waals surface area contributed by atoms with Crippen LogP contribution in [0.25, 0.3) is 0 Å². The van der Waals surface area contributed by atoms with Gasteiger partial charge in [0.15, 0.2) is 0 Å². The van der Waals surface area contributed by atoms with E-state index in [4.69, 9.17) is 0 Å². The lowest BCUT2D eigenvalue weighted by atomic mass is 9.53. The highest BCUT2D eigenvalue weighted by Gasteiger charge is 2.52. The Labute approximate surface area is 167 Å². The molecule has 1 N–H and O–H groups in total. The molecule has 1 aliphatic heterocycles. The number of sulfonamides is 2. The summed E-state index contributed by atoms with van der Waals surface area (Å²) in [6.45, 7) is 1.08. The lowest BCUT2D eigenvalue weighted by molar-refractivity contribution is -0.00810. The Balaban J connectivity index is 1.37. The topological polar surface area (TPSA) is 83.5 Å². The molecule has 8 heteroatoms. The van der Waals surface area contributed by atoms with Crippen molar-refractivity contribution in [3.05, 3.63) is 24.3 Å². The van der Waals surface area contributed by atoms with Crippen molar-refractivity contribution in [1.29, 1.82) is 0 Å². The number of hydrogen-bond acceptors (Lipinski definition) is 4. The van der Waals surface area contributed by atoms with Gasteiger partial charge in [0.1, 0.15) is 0 Å². The molecule has 0 radical (unpaired) electrons. The van der Waals surface area contributed by atoms with Crippen LogP contribution in [0.1, 0.15) is 51.4 Å². The highest BCUT2D eigenvalue weighted by atomic mass is 32.2. The van der Waals surface area contributed by atoms with Gasteiger partial charge >= 0.3 is 0 Å². The molecule has 1 aromatic rings. The normalized spacial score (nSPS) is 35.5. The maximum atomic E-state index is 13.1. The maximum absolute atomic E-state index is 13.1. The standard InChI is InChI=1S/C20H28N2O4S2/c23-27(24,21-20-12-15-9-16(13-20)11-17(10-15)14-20)18-3-5-19(6-4-18)28(25,26)22-7-1-2-8-22/h3-6,15-17,21H,1-2,7-14H2. The third-order valence-electron chi connectivity index (χ3n) is 7.23. The summed E-state index contributed by atoms with van der Waals surface area (Å²) >= 11 is 0. The van der Waals surface area contributed by atoms with Crippen LogP contribution < -0.4 is 4.72 Å². The van der Waals surface area contributed by atoms with Crippen molar-refractivity contribution in [3.63, 3.8) is 0 Å². The van der Waals surface area contributed by atoms with Crippen LogP contribution in [0.5, 0.6) is 0 Å². The fourth-order valence-electron chi connectivity index (χ4n) is 6.45. The van der Waals surface area contributed by atoms with Gasteiger partial charge in [-0.3, -0.25) is 0 Å². The van der Waals surface area contributed by atoms with Crippen LogP contribution in [-0.4, -0.2) is 39.8 Å². The van der Waals surface area contributed by atoms with Crippen molar-refractivity contribution in [3.8, 4) is 0 Å². The number of nitrogens with one attached hydrogen (secondary N) is 1. The molecule has 0 spiro atoms. The third-order valence-corrected chi connectivity index (χ3v) is 10.7. The number of nitrogens with zero attached hydrogens (tertiary/aromatic N) is 1. The van der Waals surface area contributed by atoms with Gasteiger partial charge in [0.05, 0.1) is 9.79 Å². The lowest BCUT2D eigenvalue weighted by Gasteiger charge is -2.56. The van der Waals surface area contributed by atoms with Gasteiger partial charge < -0.3 is 0 Å². The largest absolute Gasteiger partial charge is 0.243 e. The maximum Gasteiger partial charge on any atom is 0.243 e. The van der Waals surface area contributed by atoms with Crippen LogP contribution in [0.2, 0.25) is 0 Å². The SMILES string of the molecule is O=S(=O)(NC12CC3CC(CC(C3)C1)C2)c1ccc(S(=O)(=O)N2CCCC2)cc1. The average Bonchev–Trinajstić information content (AvgIpc) is 3.15. The summed E-state index contributed by atoms with van der Waals surface area (Å²) in [7, 11) is -7.19. The van der Waals surface area contributed by atoms with Crippen LogP contribution >= 0.6 is 0 Å². The zero-order valence-corrected chi connectivity index (χ0v) is 17.6. The molecule has 4 bridgehead atoms. The summed E-state index contributed by atoms with van der Waals surface area (Å²) in [6.07, 6.45) is 8.35. The van der Waals surface area contributed by atoms with E-state index < -0.39 is 20.0 Å². The predicted octanol–water partition coefficient (Wildman–Crippen LogP) is 2.72. The Morgan fingerprint density at radius 1 is 0.786 bits per heavy atom. The van der Waals surface area contributed by atoms with Crippen LogP contribution in [-0.2, 0) is 20.0 Å². The van der Waals surface area contributed by atoms with Crippen LogP contribution in [0.15, 0.2) is 34.1 Å². The Morgan fingerprint density at radius 2 is 1.25 bits per heavy atom. The van der Waals surface area contributed by atoms with E-state index in [1.54, 1.807) is 0 Å². The lowest BCUT2D eigenvalue weighted by Crippen LogP contribution is -2.59. The zero-order chi connectivity index (χ0) is 19.6. The van der Waals surface area contributed by atoms with Gasteiger partial charge in [0.2, 0.25) is 20.0 Å². The van der Waals surface area contributed by atoms with Crippen molar-refractivity contribution in [2.24, 2.45) is 17.8 Å². The molecule has 1 saturated heterocycles. The monoisotopic (exact) mass is 424 g/mol. The minimum Gasteiger partial charge on any atom is -0.207 e. The van der Waals surface area contributed by atoms with E-state index in [2.05, 4.69) is 4.72 Å². The van der Waals surface area contributed by atoms with Gasteiger partial charge in [-0.2, -0.15) is 4.31 Å². The van der Waals surface area contributed by atoms with Gasteiger partial charge in [0, 0.05) is 18.6 Å². The molecule has 154 valence electrons. The second-order valence-corrected chi connectivity index (χ2v) is 13.0. The number of rotatable bonds is 5. The van der Waals surface area contributed by atoms with E-state index in [1.165, 1.54) is 47.8 Å². The molecule has 28 heavy (non-hydrogen) atoms. The first-order valence-corrected chi connectivity index (χ1v) is 13.3. The summed E-state index contributed by atoms with van der Waals surface area (Å²) in [6, 6.07) is 5.74. The molecule has 6 rings (SSSR count). The molecule has 5 aliphatic rings. The zero-order valence-electron chi connectivity index (χ0n) is 16.0. The van der Waals surface area contributed by atoms with Crippen molar-refractivity contribution in [2.45, 2.75) is 66.7 Å². The first-order chi connectivity index (χ1) is 13.3. The second kappa shape index (κ2) is 6.52. The predicted molar refractivity (Wildman–Crippen MR) is 106 cm³/mol. The van der Waals surface area contributed by atoms with E-state index in [-0.39, 0.29) is 15.3 Å². The average molecular weight is 425 g/mol. The van der Waals surface area contributed by atoms with Crippen molar-refractivity contribution < 1.29 is 16.8 Å². The summed E-state index contributed by atoms with van der Waals surface area (Å²) in [4.78, 5) is 0.326. The second-order valence-electron chi connectivity index (χ2n) is 9.39. The molecule has 4 saturated carbocycles. The van der Waals surface area contributed by atoms with Crippen molar-refractivity contribution in [2.75, 3.05) is 13.1 Å². The number of hydrogen-bond donors (Lipinski definition) is 1. The van der Waals surface area contributed by atoms with E-state index >= 15 is 0 Å². The molecule has 0 atom stereocenters. The Hall–Kier alpha value is -0.960. The molecule has 4 aliphatic carbocycles. The first kappa shape index (κ1) is 19.0. The molecule has 0 amide bonds. The minimum atomic E-state index is -3.66. The first-order valence-electron chi connectivity index (χ1n) is 10.4. The Morgan fingerprint density at radius 3 is 1.75 bits per heavy atom. The smallest absolute Gasteiger partial charge is 0.207 e. The third kappa shape index (κ3) is 3.22. The van der Waals surface area contributed by atoms with Gasteiger partial charge in [-0.15, -0.1) is 0 Å². The van der Waals surface area contributed by atoms with E-state index in [0.29, 0.717) is 30.8 Å². The summed E-state index contributed by atoms with van der Waals surface area (Å²) in [5.41, 5.74) is -0.298. The molecule has 0 unspecified atom stereocenters. The van der Waals surface area contributed by atoms with Gasteiger partial charge in [-0.1, -0.05) is 0 Å². The molecular weight excluding hydrogens is 396 g/mol. The number of benzene rings is 1. The fourth-order valence-corrected chi connectivity index (χ4v) is 9.40.